The molecule has 0 aliphatic carbocycles. The number of carbonyl (C=O) groups excluding carboxylic acids is 2. The second-order valence-corrected chi connectivity index (χ2v) is 15.2. The number of carbonyl (C=O) groups is 2. The van der Waals surface area contributed by atoms with E-state index < -0.39 is 12.4 Å². The fourth-order valence-electron chi connectivity index (χ4n) is 7.22. The van der Waals surface area contributed by atoms with Gasteiger partial charge in [0, 0.05) is 32.3 Å². The number of hydrogen-bond acceptors (Lipinski definition) is 7. The predicted molar refractivity (Wildman–Crippen MR) is 183 cm³/mol. The van der Waals surface area contributed by atoms with Gasteiger partial charge in [-0.25, -0.2) is 0 Å². The first-order valence-corrected chi connectivity index (χ1v) is 18.1. The second kappa shape index (κ2) is 17.8. The Morgan fingerprint density at radius 2 is 1.48 bits per heavy atom. The molecule has 0 bridgehead atoms. The topological polar surface area (TPSA) is 80.3 Å². The van der Waals surface area contributed by atoms with Gasteiger partial charge in [0.15, 0.2) is 0 Å². The second-order valence-electron chi connectivity index (χ2n) is 15.2. The summed E-state index contributed by atoms with van der Waals surface area (Å²) in [4.78, 5) is 23.1. The Bertz CT molecular complexity index is 1140. The van der Waals surface area contributed by atoms with Crippen molar-refractivity contribution in [3.8, 4) is 11.5 Å². The Kier molecular flexibility index (Phi) is 14.7. The minimum absolute atomic E-state index is 0.0944. The maximum Gasteiger partial charge on any atom is 0.302 e. The normalized spacial score (nSPS) is 24.1. The minimum atomic E-state index is -0.627. The molecule has 46 heavy (non-hydrogen) atoms. The van der Waals surface area contributed by atoms with Crippen molar-refractivity contribution >= 4 is 11.9 Å². The van der Waals surface area contributed by atoms with E-state index in [4.69, 9.17) is 23.7 Å². The van der Waals surface area contributed by atoms with E-state index in [-0.39, 0.29) is 30.3 Å². The van der Waals surface area contributed by atoms with Crippen LogP contribution in [0.15, 0.2) is 0 Å². The summed E-state index contributed by atoms with van der Waals surface area (Å²) >= 11 is 0. The van der Waals surface area contributed by atoms with E-state index in [1.165, 1.54) is 70.8 Å². The number of rotatable bonds is 17. The van der Waals surface area contributed by atoms with E-state index in [2.05, 4.69) is 55.4 Å². The van der Waals surface area contributed by atoms with Gasteiger partial charge in [-0.05, 0) is 87.8 Å². The monoisotopic (exact) mass is 644 g/mol. The van der Waals surface area contributed by atoms with E-state index in [0.29, 0.717) is 12.8 Å². The third kappa shape index (κ3) is 11.8. The minimum Gasteiger partial charge on any atom is -0.487 e. The lowest BCUT2D eigenvalue weighted by Crippen LogP contribution is -2.43. The molecule has 7 nitrogen and oxygen atoms in total. The van der Waals surface area contributed by atoms with Crippen LogP contribution in [-0.2, 0) is 30.2 Å². The fraction of sp³-hybridized carbons (Fsp3) is 0.795. The zero-order valence-electron chi connectivity index (χ0n) is 30.7. The van der Waals surface area contributed by atoms with E-state index in [1.807, 2.05) is 0 Å². The summed E-state index contributed by atoms with van der Waals surface area (Å²) in [5.74, 6) is 3.50. The van der Waals surface area contributed by atoms with Crippen molar-refractivity contribution in [2.45, 2.75) is 177 Å². The molecule has 7 heteroatoms. The van der Waals surface area contributed by atoms with Gasteiger partial charge >= 0.3 is 11.9 Å². The average molecular weight is 645 g/mol. The van der Waals surface area contributed by atoms with Gasteiger partial charge in [-0.1, -0.05) is 72.6 Å². The summed E-state index contributed by atoms with van der Waals surface area (Å²) in [6.07, 6.45) is 13.0. The van der Waals surface area contributed by atoms with Crippen LogP contribution >= 0.6 is 0 Å². The molecule has 0 radical (unpaired) electrons. The lowest BCUT2D eigenvalue weighted by Gasteiger charge is -2.39. The summed E-state index contributed by atoms with van der Waals surface area (Å²) in [6, 6.07) is 0. The molecule has 1 saturated heterocycles. The number of ether oxygens (including phenoxy) is 5. The zero-order valence-corrected chi connectivity index (χ0v) is 30.7. The lowest BCUT2D eigenvalue weighted by molar-refractivity contribution is -0.201. The standard InChI is InChI=1S/C39H64O7/c1-25(2)14-11-15-26(3)16-12-17-27(4)18-13-20-39(10)21-19-35-30(7)37(28(5)29(6)38(35)46-39)45-36-23-33(43-32(9)41)22-34(44-36)24-42-31(8)40/h25-27,33-34,36H,11-24H2,1-10H3/t26-,27-,33+,34+,36+,39-/m1/s1. The molecule has 1 fully saturated rings. The SMILES string of the molecule is CC(=O)OC[C@@H]1C[C@H](OC(C)=O)C[C@H](Oc2c(C)c(C)c3c(c2C)CC[C@@](C)(CCC[C@H](C)CCC[C@H](C)CCCC(C)C)O3)O1. The Morgan fingerprint density at radius 1 is 0.848 bits per heavy atom. The van der Waals surface area contributed by atoms with Crippen LogP contribution in [-0.4, -0.2) is 42.6 Å². The van der Waals surface area contributed by atoms with Gasteiger partial charge in [-0.3, -0.25) is 9.59 Å². The predicted octanol–water partition coefficient (Wildman–Crippen LogP) is 9.51. The summed E-state index contributed by atoms with van der Waals surface area (Å²) in [5.41, 5.74) is 4.23. The van der Waals surface area contributed by atoms with Gasteiger partial charge in [0.05, 0.1) is 6.10 Å². The molecule has 0 spiro atoms. The molecule has 1 aromatic carbocycles. The summed E-state index contributed by atoms with van der Waals surface area (Å²) in [7, 11) is 0. The van der Waals surface area contributed by atoms with Crippen LogP contribution < -0.4 is 9.47 Å². The highest BCUT2D eigenvalue weighted by atomic mass is 16.7. The molecule has 262 valence electrons. The Hall–Kier alpha value is -2.28. The van der Waals surface area contributed by atoms with E-state index in [9.17, 15) is 9.59 Å². The number of esters is 2. The first kappa shape index (κ1) is 38.2. The Balaban J connectivity index is 1.57. The van der Waals surface area contributed by atoms with Crippen molar-refractivity contribution < 1.29 is 33.3 Å². The summed E-state index contributed by atoms with van der Waals surface area (Å²) < 4.78 is 30.3. The zero-order chi connectivity index (χ0) is 34.0. The van der Waals surface area contributed by atoms with Crippen molar-refractivity contribution in [2.75, 3.05) is 6.61 Å². The van der Waals surface area contributed by atoms with E-state index in [0.717, 1.165) is 65.2 Å². The van der Waals surface area contributed by atoms with Crippen LogP contribution in [0.2, 0.25) is 0 Å². The van der Waals surface area contributed by atoms with E-state index >= 15 is 0 Å². The molecule has 1 aromatic rings. The molecule has 0 saturated carbocycles. The molecule has 0 aromatic heterocycles. The van der Waals surface area contributed by atoms with Crippen LogP contribution in [0.3, 0.4) is 0 Å². The Labute approximate surface area is 279 Å². The molecule has 0 N–H and O–H groups in total. The van der Waals surface area contributed by atoms with Gasteiger partial charge in [0.1, 0.15) is 29.8 Å². The summed E-state index contributed by atoms with van der Waals surface area (Å²) in [6.45, 7) is 20.9. The average Bonchev–Trinajstić information content (AvgIpc) is 2.96. The quantitative estimate of drug-likeness (QED) is 0.156. The van der Waals surface area contributed by atoms with Crippen molar-refractivity contribution in [3.05, 3.63) is 22.3 Å². The number of fused-ring (bicyclic) bond motifs is 1. The third-order valence-corrected chi connectivity index (χ3v) is 10.2. The molecule has 0 amide bonds. The van der Waals surface area contributed by atoms with Crippen molar-refractivity contribution in [1.29, 1.82) is 0 Å². The largest absolute Gasteiger partial charge is 0.487 e. The van der Waals surface area contributed by atoms with E-state index in [1.54, 1.807) is 0 Å². The molecule has 2 aliphatic heterocycles. The van der Waals surface area contributed by atoms with Crippen molar-refractivity contribution in [3.63, 3.8) is 0 Å². The van der Waals surface area contributed by atoms with Gasteiger partial charge < -0.3 is 23.7 Å². The van der Waals surface area contributed by atoms with Crippen molar-refractivity contribution in [1.82, 2.24) is 0 Å². The number of hydrogen-bond donors (Lipinski definition) is 0. The first-order valence-electron chi connectivity index (χ1n) is 18.1. The van der Waals surface area contributed by atoms with Crippen LogP contribution in [0.1, 0.15) is 148 Å². The molecule has 0 unspecified atom stereocenters. The summed E-state index contributed by atoms with van der Waals surface area (Å²) in [5, 5.41) is 0. The molecular formula is C39H64O7. The van der Waals surface area contributed by atoms with Gasteiger partial charge in [0.25, 0.3) is 0 Å². The van der Waals surface area contributed by atoms with Crippen LogP contribution in [0, 0.1) is 38.5 Å². The maximum absolute atomic E-state index is 11.7. The fourth-order valence-corrected chi connectivity index (χ4v) is 7.22. The van der Waals surface area contributed by atoms with Gasteiger partial charge in [0.2, 0.25) is 6.29 Å². The van der Waals surface area contributed by atoms with Crippen LogP contribution in [0.5, 0.6) is 11.5 Å². The highest BCUT2D eigenvalue weighted by Gasteiger charge is 2.37. The van der Waals surface area contributed by atoms with Crippen LogP contribution in [0.25, 0.3) is 0 Å². The smallest absolute Gasteiger partial charge is 0.302 e. The number of benzene rings is 1. The van der Waals surface area contributed by atoms with Gasteiger partial charge in [-0.15, -0.1) is 0 Å². The Morgan fingerprint density at radius 3 is 2.09 bits per heavy atom. The highest BCUT2D eigenvalue weighted by molar-refractivity contribution is 5.66. The molecular weight excluding hydrogens is 580 g/mol. The molecule has 2 heterocycles. The molecule has 6 atom stereocenters. The third-order valence-electron chi connectivity index (χ3n) is 10.2. The molecule has 3 rings (SSSR count). The van der Waals surface area contributed by atoms with Gasteiger partial charge in [-0.2, -0.15) is 0 Å². The first-order chi connectivity index (χ1) is 21.7. The van der Waals surface area contributed by atoms with Crippen LogP contribution in [0.4, 0.5) is 0 Å². The molecule has 2 aliphatic rings. The highest BCUT2D eigenvalue weighted by Crippen LogP contribution is 2.45. The van der Waals surface area contributed by atoms with Crippen molar-refractivity contribution in [2.24, 2.45) is 17.8 Å². The lowest BCUT2D eigenvalue weighted by atomic mass is 9.83. The maximum atomic E-state index is 11.7.